The zero-order chi connectivity index (χ0) is 12.1. The molecule has 0 aliphatic carbocycles. The van der Waals surface area contributed by atoms with Gasteiger partial charge in [0, 0.05) is 0 Å². The summed E-state index contributed by atoms with van der Waals surface area (Å²) in [6, 6.07) is 0. The van der Waals surface area contributed by atoms with E-state index in [1.165, 1.54) is 6.92 Å². The summed E-state index contributed by atoms with van der Waals surface area (Å²) in [5, 5.41) is 17.9. The molecule has 0 aromatic carbocycles. The van der Waals surface area contributed by atoms with Gasteiger partial charge in [0.1, 0.15) is 0 Å². The van der Waals surface area contributed by atoms with E-state index in [1.54, 1.807) is 6.92 Å². The molecule has 0 aromatic rings. The van der Waals surface area contributed by atoms with Crippen molar-refractivity contribution in [1.82, 2.24) is 0 Å². The maximum absolute atomic E-state index is 11.0. The van der Waals surface area contributed by atoms with Crippen LogP contribution in [0.1, 0.15) is 46.5 Å². The Kier molecular flexibility index (Phi) is 14.0. The minimum atomic E-state index is -1.66. The molecule has 92 valence electrons. The molecular formula is C11H22LiNaO4. The van der Waals surface area contributed by atoms with Gasteiger partial charge in [0.2, 0.25) is 0 Å². The van der Waals surface area contributed by atoms with Gasteiger partial charge in [-0.15, -0.1) is 0 Å². The van der Waals surface area contributed by atoms with Crippen molar-refractivity contribution in [1.29, 1.82) is 0 Å². The van der Waals surface area contributed by atoms with Crippen LogP contribution in [0.3, 0.4) is 0 Å². The summed E-state index contributed by atoms with van der Waals surface area (Å²) in [6.45, 7) is 5.03. The Hall–Kier alpha value is 0.537. The van der Waals surface area contributed by atoms with E-state index in [1.807, 2.05) is 0 Å². The third-order valence-corrected chi connectivity index (χ3v) is 3.11. The topological polar surface area (TPSA) is 74.6 Å². The van der Waals surface area contributed by atoms with Crippen molar-refractivity contribution in [3.05, 3.63) is 0 Å². The molecule has 0 bridgehead atoms. The van der Waals surface area contributed by atoms with Crippen LogP contribution in [0.4, 0.5) is 0 Å². The molecule has 0 fully saturated rings. The predicted octanol–water partition coefficient (Wildman–Crippen LogP) is 1.08. The Balaban J connectivity index is -0.000000980. The van der Waals surface area contributed by atoms with Crippen molar-refractivity contribution in [2.45, 2.75) is 46.5 Å². The second-order valence-corrected chi connectivity index (χ2v) is 4.21. The van der Waals surface area contributed by atoms with Gasteiger partial charge in [0.15, 0.2) is 5.41 Å². The molecule has 0 aliphatic rings. The maximum atomic E-state index is 11.0. The predicted molar refractivity (Wildman–Crippen MR) is 71.0 cm³/mol. The Labute approximate surface area is 137 Å². The van der Waals surface area contributed by atoms with E-state index in [9.17, 15) is 9.59 Å². The van der Waals surface area contributed by atoms with Crippen LogP contribution in [-0.2, 0) is 9.59 Å². The number of carboxylic acids is 2. The molecule has 1 atom stereocenters. The Morgan fingerprint density at radius 1 is 1.18 bits per heavy atom. The summed E-state index contributed by atoms with van der Waals surface area (Å²) in [5.74, 6) is -2.85. The Morgan fingerprint density at radius 2 is 1.59 bits per heavy atom. The van der Waals surface area contributed by atoms with Gasteiger partial charge in [-0.2, -0.15) is 0 Å². The van der Waals surface area contributed by atoms with Crippen LogP contribution in [0.2, 0.25) is 0 Å². The molecule has 0 amide bonds. The second kappa shape index (κ2) is 10.5. The summed E-state index contributed by atoms with van der Waals surface area (Å²) < 4.78 is 0. The molecule has 0 aromatic heterocycles. The van der Waals surface area contributed by atoms with Crippen LogP contribution in [-0.4, -0.2) is 70.6 Å². The van der Waals surface area contributed by atoms with E-state index in [0.717, 1.165) is 19.3 Å². The van der Waals surface area contributed by atoms with Gasteiger partial charge >= 0.3 is 60.4 Å². The average molecular weight is 248 g/mol. The van der Waals surface area contributed by atoms with Gasteiger partial charge in [0.05, 0.1) is 0 Å². The summed E-state index contributed by atoms with van der Waals surface area (Å²) in [4.78, 5) is 21.9. The number of carboxylic acid groups (broad SMARTS) is 2. The standard InChI is InChI=1S/C11H20O4.Li.Na.2H/c1-4-5-6-7-8(2)11(3,9(12)13)10(14)15;;;;/h8H,4-7H2,1-3H3,(H,12,13)(H,14,15);;;;. The van der Waals surface area contributed by atoms with Gasteiger partial charge < -0.3 is 10.2 Å². The number of hydrogen-bond donors (Lipinski definition) is 2. The minimum absolute atomic E-state index is 0. The number of rotatable bonds is 7. The molecule has 0 radical (unpaired) electrons. The number of unbranched alkanes of at least 4 members (excludes halogenated alkanes) is 2. The molecule has 1 unspecified atom stereocenters. The zero-order valence-corrected chi connectivity index (χ0v) is 9.62. The molecule has 2 N–H and O–H groups in total. The van der Waals surface area contributed by atoms with Crippen LogP contribution in [0.25, 0.3) is 0 Å². The SMILES string of the molecule is CCCCCC(C)C(C)(C(=O)O)C(=O)O.[LiH].[NaH]. The summed E-state index contributed by atoms with van der Waals surface area (Å²) in [7, 11) is 0. The molecule has 0 heterocycles. The first-order chi connectivity index (χ1) is 6.87. The van der Waals surface area contributed by atoms with Gasteiger partial charge in [-0.05, 0) is 19.3 Å². The van der Waals surface area contributed by atoms with Crippen molar-refractivity contribution in [3.8, 4) is 0 Å². The molecule has 6 heteroatoms. The monoisotopic (exact) mass is 248 g/mol. The van der Waals surface area contributed by atoms with Gasteiger partial charge in [-0.25, -0.2) is 0 Å². The van der Waals surface area contributed by atoms with E-state index in [0.29, 0.717) is 6.42 Å². The van der Waals surface area contributed by atoms with E-state index >= 15 is 0 Å². The molecular weight excluding hydrogens is 226 g/mol. The van der Waals surface area contributed by atoms with Crippen LogP contribution in [0, 0.1) is 11.3 Å². The van der Waals surface area contributed by atoms with E-state index in [-0.39, 0.29) is 54.3 Å². The Morgan fingerprint density at radius 3 is 1.88 bits per heavy atom. The van der Waals surface area contributed by atoms with Crippen molar-refractivity contribution in [2.75, 3.05) is 0 Å². The van der Waals surface area contributed by atoms with Gasteiger partial charge in [-0.3, -0.25) is 9.59 Å². The van der Waals surface area contributed by atoms with Crippen LogP contribution in [0.15, 0.2) is 0 Å². The summed E-state index contributed by atoms with van der Waals surface area (Å²) in [5.41, 5.74) is -1.66. The quantitative estimate of drug-likeness (QED) is 0.401. The molecule has 17 heavy (non-hydrogen) atoms. The van der Waals surface area contributed by atoms with E-state index < -0.39 is 17.4 Å². The molecule has 0 rings (SSSR count). The number of carbonyl (C=O) groups is 2. The average Bonchev–Trinajstić information content (AvgIpc) is 2.15. The van der Waals surface area contributed by atoms with E-state index in [4.69, 9.17) is 10.2 Å². The zero-order valence-electron chi connectivity index (χ0n) is 9.62. The van der Waals surface area contributed by atoms with Crippen molar-refractivity contribution in [3.63, 3.8) is 0 Å². The van der Waals surface area contributed by atoms with Crippen molar-refractivity contribution < 1.29 is 19.8 Å². The fourth-order valence-electron chi connectivity index (χ4n) is 1.50. The normalized spacial score (nSPS) is 11.9. The third-order valence-electron chi connectivity index (χ3n) is 3.11. The number of hydrogen-bond acceptors (Lipinski definition) is 2. The van der Waals surface area contributed by atoms with Crippen molar-refractivity contribution >= 4 is 60.4 Å². The van der Waals surface area contributed by atoms with Gasteiger partial charge in [0.25, 0.3) is 0 Å². The molecule has 0 saturated carbocycles. The fourth-order valence-corrected chi connectivity index (χ4v) is 1.50. The van der Waals surface area contributed by atoms with Crippen LogP contribution in [0.5, 0.6) is 0 Å². The number of aliphatic carboxylic acids is 2. The first-order valence-corrected chi connectivity index (χ1v) is 5.34. The van der Waals surface area contributed by atoms with E-state index in [2.05, 4.69) is 6.92 Å². The molecule has 4 nitrogen and oxygen atoms in total. The molecule has 0 aliphatic heterocycles. The summed E-state index contributed by atoms with van der Waals surface area (Å²) >= 11 is 0. The first kappa shape index (κ1) is 22.7. The van der Waals surface area contributed by atoms with Crippen molar-refractivity contribution in [2.24, 2.45) is 11.3 Å². The fraction of sp³-hybridized carbons (Fsp3) is 0.818. The summed E-state index contributed by atoms with van der Waals surface area (Å²) in [6.07, 6.45) is 3.58. The first-order valence-electron chi connectivity index (χ1n) is 5.34. The van der Waals surface area contributed by atoms with Crippen LogP contribution >= 0.6 is 0 Å². The van der Waals surface area contributed by atoms with Crippen LogP contribution < -0.4 is 0 Å². The third kappa shape index (κ3) is 6.31. The molecule has 0 spiro atoms. The second-order valence-electron chi connectivity index (χ2n) is 4.21. The Bertz CT molecular complexity index is 232. The van der Waals surface area contributed by atoms with Gasteiger partial charge in [-0.1, -0.05) is 33.1 Å². The molecule has 0 saturated heterocycles.